The van der Waals surface area contributed by atoms with E-state index in [1.54, 1.807) is 23.1 Å². The molecule has 2 aromatic carbocycles. The minimum atomic E-state index is -0.512. The number of hydrogen-bond donors (Lipinski definition) is 1. The first-order valence-corrected chi connectivity index (χ1v) is 10.0. The molecule has 6 nitrogen and oxygen atoms in total. The van der Waals surface area contributed by atoms with Gasteiger partial charge in [-0.15, -0.1) is 0 Å². The molecule has 4 rings (SSSR count). The highest BCUT2D eigenvalue weighted by Crippen LogP contribution is 2.36. The third-order valence-corrected chi connectivity index (χ3v) is 5.13. The summed E-state index contributed by atoms with van der Waals surface area (Å²) >= 11 is 0. The smallest absolute Gasteiger partial charge is 0.257 e. The molecule has 1 aliphatic heterocycles. The van der Waals surface area contributed by atoms with E-state index in [0.717, 1.165) is 10.9 Å². The van der Waals surface area contributed by atoms with Crippen LogP contribution in [0, 0.1) is 12.3 Å². The Morgan fingerprint density at radius 2 is 1.87 bits per heavy atom. The second-order valence-corrected chi connectivity index (χ2v) is 8.51. The summed E-state index contributed by atoms with van der Waals surface area (Å²) in [5.74, 6) is 0.418. The van der Waals surface area contributed by atoms with Gasteiger partial charge in [-0.1, -0.05) is 39.0 Å². The average molecular weight is 403 g/mol. The fourth-order valence-electron chi connectivity index (χ4n) is 3.55. The van der Waals surface area contributed by atoms with Crippen molar-refractivity contribution in [3.63, 3.8) is 0 Å². The molecule has 0 unspecified atom stereocenters. The van der Waals surface area contributed by atoms with Gasteiger partial charge in [-0.2, -0.15) is 0 Å². The van der Waals surface area contributed by atoms with Crippen LogP contribution in [0.3, 0.4) is 0 Å². The van der Waals surface area contributed by atoms with Gasteiger partial charge < -0.3 is 15.0 Å². The van der Waals surface area contributed by atoms with Crippen molar-refractivity contribution >= 4 is 34.1 Å². The predicted octanol–water partition coefficient (Wildman–Crippen LogP) is 4.57. The number of pyridine rings is 1. The normalized spacial score (nSPS) is 13.5. The molecule has 154 valence electrons. The Balaban J connectivity index is 1.64. The molecule has 1 aromatic heterocycles. The molecule has 2 heterocycles. The lowest BCUT2D eigenvalue weighted by Crippen LogP contribution is -2.44. The van der Waals surface area contributed by atoms with E-state index >= 15 is 0 Å². The number of fused-ring (bicyclic) bond motifs is 2. The standard InChI is InChI=1S/C24H25N3O3/c1-15-18(13-16-7-5-6-8-19(16)25-15)22(28)26-17-9-10-21-20(14-17)27(11-12-30-21)23(29)24(2,3)4/h5-10,13-14H,11-12H2,1-4H3,(H,26,28). The lowest BCUT2D eigenvalue weighted by Gasteiger charge is -2.34. The number of amides is 2. The van der Waals surface area contributed by atoms with Crippen LogP contribution in [0.5, 0.6) is 5.75 Å². The highest BCUT2D eigenvalue weighted by molar-refractivity contribution is 6.07. The molecule has 0 atom stereocenters. The summed E-state index contributed by atoms with van der Waals surface area (Å²) in [6, 6.07) is 14.9. The minimum Gasteiger partial charge on any atom is -0.490 e. The van der Waals surface area contributed by atoms with Crippen LogP contribution in [0.15, 0.2) is 48.5 Å². The highest BCUT2D eigenvalue weighted by Gasteiger charge is 2.32. The zero-order valence-corrected chi connectivity index (χ0v) is 17.7. The summed E-state index contributed by atoms with van der Waals surface area (Å²) < 4.78 is 5.71. The van der Waals surface area contributed by atoms with E-state index in [1.165, 1.54) is 0 Å². The number of carbonyl (C=O) groups excluding carboxylic acids is 2. The Kier molecular flexibility index (Phi) is 4.94. The van der Waals surface area contributed by atoms with Gasteiger partial charge >= 0.3 is 0 Å². The van der Waals surface area contributed by atoms with E-state index in [9.17, 15) is 9.59 Å². The predicted molar refractivity (Wildman–Crippen MR) is 118 cm³/mol. The van der Waals surface area contributed by atoms with Crippen LogP contribution >= 0.6 is 0 Å². The van der Waals surface area contributed by atoms with Crippen LogP contribution < -0.4 is 15.0 Å². The Bertz CT molecular complexity index is 1150. The molecule has 0 aliphatic carbocycles. The highest BCUT2D eigenvalue weighted by atomic mass is 16.5. The number of benzene rings is 2. The van der Waals surface area contributed by atoms with Gasteiger partial charge in [0.15, 0.2) is 0 Å². The van der Waals surface area contributed by atoms with Crippen molar-refractivity contribution in [2.75, 3.05) is 23.4 Å². The maximum absolute atomic E-state index is 13.0. The number of anilines is 2. The quantitative estimate of drug-likeness (QED) is 0.681. The summed E-state index contributed by atoms with van der Waals surface area (Å²) in [7, 11) is 0. The molecule has 1 N–H and O–H groups in total. The van der Waals surface area contributed by atoms with Gasteiger partial charge in [0.1, 0.15) is 12.4 Å². The fraction of sp³-hybridized carbons (Fsp3) is 0.292. The van der Waals surface area contributed by atoms with Crippen LogP contribution in [0.25, 0.3) is 10.9 Å². The lowest BCUT2D eigenvalue weighted by atomic mass is 9.94. The van der Waals surface area contributed by atoms with Gasteiger partial charge in [0.05, 0.1) is 29.0 Å². The van der Waals surface area contributed by atoms with Crippen molar-refractivity contribution in [3.05, 3.63) is 59.8 Å². The summed E-state index contributed by atoms with van der Waals surface area (Å²) in [5.41, 5.74) is 2.80. The topological polar surface area (TPSA) is 71.5 Å². The monoisotopic (exact) mass is 403 g/mol. The molecule has 1 aliphatic rings. The number of aryl methyl sites for hydroxylation is 1. The van der Waals surface area contributed by atoms with Crippen molar-refractivity contribution < 1.29 is 14.3 Å². The van der Waals surface area contributed by atoms with E-state index in [0.29, 0.717) is 41.5 Å². The number of rotatable bonds is 2. The zero-order valence-electron chi connectivity index (χ0n) is 17.7. The molecule has 0 fully saturated rings. The van der Waals surface area contributed by atoms with Crippen molar-refractivity contribution in [3.8, 4) is 5.75 Å². The first-order valence-electron chi connectivity index (χ1n) is 10.0. The Hall–Kier alpha value is -3.41. The fourth-order valence-corrected chi connectivity index (χ4v) is 3.55. The first-order chi connectivity index (χ1) is 14.2. The van der Waals surface area contributed by atoms with Crippen LogP contribution in [0.4, 0.5) is 11.4 Å². The van der Waals surface area contributed by atoms with Gasteiger partial charge in [-0.3, -0.25) is 14.6 Å². The zero-order chi connectivity index (χ0) is 21.5. The average Bonchev–Trinajstić information content (AvgIpc) is 2.71. The molecule has 0 saturated carbocycles. The van der Waals surface area contributed by atoms with Gasteiger partial charge in [0.2, 0.25) is 5.91 Å². The maximum Gasteiger partial charge on any atom is 0.257 e. The van der Waals surface area contributed by atoms with Gasteiger partial charge in [0.25, 0.3) is 5.91 Å². The molecule has 0 spiro atoms. The number of carbonyl (C=O) groups is 2. The Morgan fingerprint density at radius 3 is 2.63 bits per heavy atom. The molecular formula is C24H25N3O3. The largest absolute Gasteiger partial charge is 0.490 e. The molecule has 6 heteroatoms. The van der Waals surface area contributed by atoms with Crippen LogP contribution in [0.1, 0.15) is 36.8 Å². The number of ether oxygens (including phenoxy) is 1. The van der Waals surface area contributed by atoms with Crippen molar-refractivity contribution in [1.82, 2.24) is 4.98 Å². The lowest BCUT2D eigenvalue weighted by molar-refractivity contribution is -0.126. The minimum absolute atomic E-state index is 0.0186. The van der Waals surface area contributed by atoms with Gasteiger partial charge in [0, 0.05) is 16.5 Å². The number of para-hydroxylation sites is 1. The summed E-state index contributed by atoms with van der Waals surface area (Å²) in [4.78, 5) is 32.1. The molecular weight excluding hydrogens is 378 g/mol. The number of aromatic nitrogens is 1. The Labute approximate surface area is 175 Å². The molecule has 0 radical (unpaired) electrons. The molecule has 30 heavy (non-hydrogen) atoms. The summed E-state index contributed by atoms with van der Waals surface area (Å²) in [6.45, 7) is 8.44. The molecule has 2 amide bonds. The molecule has 0 bridgehead atoms. The second-order valence-electron chi connectivity index (χ2n) is 8.51. The number of hydrogen-bond acceptors (Lipinski definition) is 4. The van der Waals surface area contributed by atoms with Crippen molar-refractivity contribution in [2.45, 2.75) is 27.7 Å². The van der Waals surface area contributed by atoms with Crippen molar-refractivity contribution in [2.24, 2.45) is 5.41 Å². The second kappa shape index (κ2) is 7.44. The van der Waals surface area contributed by atoms with Gasteiger partial charge in [-0.25, -0.2) is 0 Å². The van der Waals surface area contributed by atoms with E-state index < -0.39 is 5.41 Å². The van der Waals surface area contributed by atoms with Crippen LogP contribution in [0.2, 0.25) is 0 Å². The first kappa shape index (κ1) is 19.9. The third kappa shape index (κ3) is 3.73. The summed E-state index contributed by atoms with van der Waals surface area (Å²) in [6.07, 6.45) is 0. The van der Waals surface area contributed by atoms with E-state index in [4.69, 9.17) is 4.74 Å². The van der Waals surface area contributed by atoms with Gasteiger partial charge in [-0.05, 0) is 37.3 Å². The van der Waals surface area contributed by atoms with E-state index in [-0.39, 0.29) is 11.8 Å². The third-order valence-electron chi connectivity index (χ3n) is 5.13. The number of nitrogens with zero attached hydrogens (tertiary/aromatic N) is 2. The molecule has 3 aromatic rings. The van der Waals surface area contributed by atoms with E-state index in [1.807, 2.05) is 58.0 Å². The summed E-state index contributed by atoms with van der Waals surface area (Å²) in [5, 5.41) is 3.85. The maximum atomic E-state index is 13.0. The number of nitrogens with one attached hydrogen (secondary N) is 1. The van der Waals surface area contributed by atoms with Crippen LogP contribution in [-0.4, -0.2) is 29.9 Å². The molecule has 0 saturated heterocycles. The Morgan fingerprint density at radius 1 is 1.10 bits per heavy atom. The van der Waals surface area contributed by atoms with E-state index in [2.05, 4.69) is 10.3 Å². The van der Waals surface area contributed by atoms with Crippen molar-refractivity contribution in [1.29, 1.82) is 0 Å². The SMILES string of the molecule is Cc1nc2ccccc2cc1C(=O)Nc1ccc2c(c1)N(C(=O)C(C)(C)C)CCO2. The van der Waals surface area contributed by atoms with Crippen LogP contribution in [-0.2, 0) is 4.79 Å².